The second-order valence-electron chi connectivity index (χ2n) is 44.7. The van der Waals surface area contributed by atoms with Gasteiger partial charge in [0.15, 0.2) is 68.8 Å². The summed E-state index contributed by atoms with van der Waals surface area (Å²) in [6, 6.07) is 2.75. The Morgan fingerprint density at radius 1 is 0.549 bits per heavy atom. The van der Waals surface area contributed by atoms with Gasteiger partial charge in [-0.3, -0.25) is 0 Å². The van der Waals surface area contributed by atoms with Crippen LogP contribution < -0.4 is 0 Å². The molecule has 0 unspecified atom stereocenters. The second kappa shape index (κ2) is 44.0. The number of allylic oxidation sites excluding steroid dienone is 7. The van der Waals surface area contributed by atoms with Crippen molar-refractivity contribution in [3.63, 3.8) is 0 Å². The molecule has 5 rings (SSSR count). The predicted molar refractivity (Wildman–Crippen MR) is 509 cm³/mol. The van der Waals surface area contributed by atoms with Crippen molar-refractivity contribution in [2.45, 2.75) is 482 Å². The lowest BCUT2D eigenvalue weighted by Crippen LogP contribution is -2.68. The largest absolute Gasteiger partial charge is 0.456 e. The number of cyclic esters (lactones) is 1. The van der Waals surface area contributed by atoms with Gasteiger partial charge in [-0.1, -0.05) is 192 Å². The molecule has 0 bridgehead atoms. The summed E-state index contributed by atoms with van der Waals surface area (Å²) >= 11 is 0. The van der Waals surface area contributed by atoms with Crippen LogP contribution in [0.4, 0.5) is 0 Å². The maximum Gasteiger partial charge on any atom is 0.334 e. The first-order chi connectivity index (χ1) is 55.7. The van der Waals surface area contributed by atoms with Crippen molar-refractivity contribution in [3.8, 4) is 0 Å². The van der Waals surface area contributed by atoms with Gasteiger partial charge >= 0.3 is 5.97 Å². The number of hydrogen-bond acceptors (Lipinski definition) is 21. The summed E-state index contributed by atoms with van der Waals surface area (Å²) in [6.07, 6.45) is 2.08. The standard InChI is InChI=1S/C95H182O21Si6/c1-45-122(46-2,47-3)116-94(29)59-79(104-70(13)86(94)109-78-58-76(100-32)81(68(11)103-78)113-119(39,40)91(20,21)22)106-71(60-98-30)56-74-66(9)80(112-118(37,38)90(17,18)19)67(10)95(102-34,110-74)85(96)77-57-75(99-31)73(111-117(35,36)89(14,15)16)50-48-49-61(4)51-52-72(64(7)54-62(5)53-63(6)55-65(8)87(97)107-77)108-88-84(115-121(43,44)93(26,27)28)83(82(101-33)69(12)105-88)114-120(41,42)92(23,24)25/h49,51-55,64,66-86,88,96H,45-48,50,56-60H2,1-44H3/b52-51+,61-49+,62-54+,63-53+,65-55+/t64-,66+,67-,68-,69+,70+,71-,72-,73+,74-,75+,76-,77+,78+,79+,80+,81-,82+,83-,84+,85-,86+,88+,94+,95-/m1/s1. The SMILES string of the molecule is CC[Si](CC)(CC)O[C@@]1(C)C[C@H](O[C@@H](COC)C[C@H]2O[C@@](OC)([C@H](O)[C@@H]3C[C@H](OC)[C@@H](O[Si](C)(C)C(C)(C)C)CC/C=C(C)/C=C/[C@@H](O[C@@H]4O[C@@H](C)[C@H](OC)[C@@H](O[Si](C)(C)C(C)(C)C)[C@@H]4O[Si](C)(C)C(C)(C)C)[C@H](C)/C=C(C)/C=C(C)/C=C(\C)C(=O)O3)[C@H](C)[C@@H](O[Si](C)(C)C(C)(C)C)[C@H]2C)O[C@@H](C)[C@@H]1O[C@H]1C[C@@H](OC)[C@H](O[Si](C)(C)C(C)(C)C)[C@@H](C)O1. The monoisotopic (exact) mass is 1830 g/mol. The molecule has 1 N–H and O–H groups in total. The van der Waals surface area contributed by atoms with E-state index in [2.05, 4.69) is 262 Å². The van der Waals surface area contributed by atoms with E-state index in [-0.39, 0.29) is 74.8 Å². The zero-order valence-corrected chi connectivity index (χ0v) is 91.4. The van der Waals surface area contributed by atoms with Crippen molar-refractivity contribution < 1.29 is 98.0 Å². The molecule has 5 aliphatic rings. The fraction of sp³-hybridized carbons (Fsp3) is 0.884. The topological polar surface area (TPSA) is 213 Å². The Morgan fingerprint density at radius 2 is 1.04 bits per heavy atom. The number of methoxy groups -OCH3 is 5. The van der Waals surface area contributed by atoms with Gasteiger partial charge in [0.2, 0.25) is 5.79 Å². The van der Waals surface area contributed by atoms with E-state index in [0.29, 0.717) is 31.3 Å². The molecule has 0 aliphatic carbocycles. The third kappa shape index (κ3) is 27.9. The summed E-state index contributed by atoms with van der Waals surface area (Å²) in [4.78, 5) is 15.5. The number of aliphatic hydroxyl groups is 1. The molecule has 0 spiro atoms. The molecule has 0 amide bonds. The average molecular weight is 1830 g/mol. The Labute approximate surface area is 750 Å². The summed E-state index contributed by atoms with van der Waals surface area (Å²) in [5, 5.41) is 13.4. The first-order valence-corrected chi connectivity index (χ1v) is 63.4. The average Bonchev–Trinajstić information content (AvgIpc) is 0.737. The third-order valence-corrected chi connectivity index (χ3v) is 57.2. The van der Waals surface area contributed by atoms with Crippen LogP contribution >= 0.6 is 0 Å². The number of carbonyl (C=O) groups is 1. The molecule has 0 aromatic rings. The molecule has 712 valence electrons. The lowest BCUT2D eigenvalue weighted by molar-refractivity contribution is -0.372. The molecule has 27 heteroatoms. The fourth-order valence-electron chi connectivity index (χ4n) is 16.8. The van der Waals surface area contributed by atoms with Gasteiger partial charge in [-0.15, -0.1) is 0 Å². The summed E-state index contributed by atoms with van der Waals surface area (Å²) in [5.74, 6) is -3.68. The molecule has 5 heterocycles. The first kappa shape index (κ1) is 111. The van der Waals surface area contributed by atoms with Crippen molar-refractivity contribution in [3.05, 3.63) is 58.7 Å². The maximum absolute atomic E-state index is 15.5. The number of aliphatic hydroxyl groups excluding tert-OH is 1. The van der Waals surface area contributed by atoms with Gasteiger partial charge in [-0.05, 0) is 183 Å². The predicted octanol–water partition coefficient (Wildman–Crippen LogP) is 22.4. The van der Waals surface area contributed by atoms with Crippen LogP contribution in [0.3, 0.4) is 0 Å². The maximum atomic E-state index is 15.5. The van der Waals surface area contributed by atoms with Gasteiger partial charge in [0.1, 0.15) is 36.6 Å². The van der Waals surface area contributed by atoms with E-state index >= 15 is 4.79 Å². The van der Waals surface area contributed by atoms with E-state index in [9.17, 15) is 5.11 Å². The zero-order valence-electron chi connectivity index (χ0n) is 85.4. The molecular weight excluding hydrogens is 1650 g/mol. The number of ether oxygens (including phenoxy) is 13. The number of esters is 1. The molecule has 21 nitrogen and oxygen atoms in total. The number of rotatable bonds is 31. The Balaban J connectivity index is 1.67. The number of hydrogen-bond donors (Lipinski definition) is 1. The Morgan fingerprint density at radius 3 is 1.53 bits per heavy atom. The van der Waals surface area contributed by atoms with Crippen LogP contribution in [0.5, 0.6) is 0 Å². The molecule has 5 aliphatic heterocycles. The molecule has 4 fully saturated rings. The molecule has 0 radical (unpaired) electrons. The van der Waals surface area contributed by atoms with Crippen molar-refractivity contribution in [2.24, 2.45) is 17.8 Å². The fourth-order valence-corrected chi connectivity index (χ4v) is 26.7. The third-order valence-electron chi connectivity index (χ3n) is 30.1. The molecule has 122 heavy (non-hydrogen) atoms. The smallest absolute Gasteiger partial charge is 0.334 e. The van der Waals surface area contributed by atoms with Crippen molar-refractivity contribution >= 4 is 55.9 Å². The van der Waals surface area contributed by atoms with Crippen LogP contribution in [-0.2, 0) is 92.9 Å². The molecular formula is C95H182O21Si6. The molecule has 25 atom stereocenters. The second-order valence-corrected chi connectivity index (χ2v) is 73.2. The zero-order chi connectivity index (χ0) is 93.4. The molecule has 0 aromatic heterocycles. The molecule has 4 saturated heterocycles. The highest BCUT2D eigenvalue weighted by molar-refractivity contribution is 6.76. The minimum Gasteiger partial charge on any atom is -0.456 e. The minimum atomic E-state index is -2.65. The van der Waals surface area contributed by atoms with E-state index in [1.54, 1.807) is 42.5 Å². The van der Waals surface area contributed by atoms with Crippen molar-refractivity contribution in [1.29, 1.82) is 0 Å². The highest BCUT2D eigenvalue weighted by Gasteiger charge is 2.63. The first-order valence-electron chi connectivity index (χ1n) is 46.3. The van der Waals surface area contributed by atoms with Crippen LogP contribution in [0, 0.1) is 17.8 Å². The Bertz CT molecular complexity index is 3410. The van der Waals surface area contributed by atoms with Gasteiger partial charge in [-0.25, -0.2) is 4.79 Å². The van der Waals surface area contributed by atoms with Gasteiger partial charge in [-0.2, -0.15) is 0 Å². The highest BCUT2D eigenvalue weighted by Crippen LogP contribution is 2.52. The van der Waals surface area contributed by atoms with E-state index < -0.39 is 178 Å². The van der Waals surface area contributed by atoms with Crippen LogP contribution in [0.2, 0.25) is 109 Å². The van der Waals surface area contributed by atoms with E-state index in [4.69, 9.17) is 88.1 Å². The van der Waals surface area contributed by atoms with Crippen LogP contribution in [0.15, 0.2) is 58.7 Å². The van der Waals surface area contributed by atoms with Crippen molar-refractivity contribution in [2.75, 3.05) is 42.2 Å². The van der Waals surface area contributed by atoms with Crippen LogP contribution in [0.1, 0.15) is 239 Å². The van der Waals surface area contributed by atoms with E-state index in [1.165, 1.54) is 0 Å². The van der Waals surface area contributed by atoms with Crippen LogP contribution in [0.25, 0.3) is 0 Å². The summed E-state index contributed by atoms with van der Waals surface area (Å²) < 4.78 is 135. The molecule has 0 aromatic carbocycles. The molecule has 0 saturated carbocycles. The van der Waals surface area contributed by atoms with Gasteiger partial charge in [0.05, 0.1) is 79.4 Å². The van der Waals surface area contributed by atoms with E-state index in [1.807, 2.05) is 33.8 Å². The summed E-state index contributed by atoms with van der Waals surface area (Å²) in [7, 11) is -6.40. The van der Waals surface area contributed by atoms with Gasteiger partial charge in [0.25, 0.3) is 0 Å². The van der Waals surface area contributed by atoms with Gasteiger partial charge < -0.3 is 93.2 Å². The number of carbonyl (C=O) groups excluding carboxylic acids is 1. The Kier molecular flexibility index (Phi) is 40.2. The van der Waals surface area contributed by atoms with Crippen LogP contribution in [-0.4, -0.2) is 237 Å². The lowest BCUT2D eigenvalue weighted by Gasteiger charge is -2.56. The summed E-state index contributed by atoms with van der Waals surface area (Å²) in [5.41, 5.74) is 2.19. The summed E-state index contributed by atoms with van der Waals surface area (Å²) in [6.45, 7) is 85.7. The van der Waals surface area contributed by atoms with Crippen molar-refractivity contribution in [1.82, 2.24) is 0 Å². The normalized spacial score (nSPS) is 36.1. The van der Waals surface area contributed by atoms with Gasteiger partial charge in [0, 0.05) is 84.6 Å². The lowest BCUT2D eigenvalue weighted by atomic mass is 9.76. The highest BCUT2D eigenvalue weighted by atomic mass is 28.4. The quantitative estimate of drug-likeness (QED) is 0.0505. The Hall–Kier alpha value is -1.29. The minimum absolute atomic E-state index is 0.00238. The van der Waals surface area contributed by atoms with E-state index in [0.717, 1.165) is 34.9 Å².